The molecule has 0 radical (unpaired) electrons. The number of benzene rings is 1. The van der Waals surface area contributed by atoms with Crippen molar-refractivity contribution in [3.05, 3.63) is 48.0 Å². The molecule has 0 aliphatic carbocycles. The van der Waals surface area contributed by atoms with Crippen LogP contribution in [0.4, 0.5) is 5.69 Å². The monoisotopic (exact) mass is 335 g/mol. The SMILES string of the molecule is N#Cc1ccc(N2CCC(NCC3CCCn4ccnc43)C2=O)cc1. The van der Waals surface area contributed by atoms with Gasteiger partial charge in [0, 0.05) is 43.6 Å². The Morgan fingerprint density at radius 1 is 1.24 bits per heavy atom. The lowest BCUT2D eigenvalue weighted by molar-refractivity contribution is -0.118. The lowest BCUT2D eigenvalue weighted by Gasteiger charge is -2.25. The summed E-state index contributed by atoms with van der Waals surface area (Å²) in [5.74, 6) is 1.62. The Balaban J connectivity index is 1.39. The molecule has 128 valence electrons. The van der Waals surface area contributed by atoms with Gasteiger partial charge >= 0.3 is 0 Å². The molecule has 0 saturated carbocycles. The predicted octanol–water partition coefficient (Wildman–Crippen LogP) is 2.03. The average molecular weight is 335 g/mol. The Morgan fingerprint density at radius 2 is 2.08 bits per heavy atom. The summed E-state index contributed by atoms with van der Waals surface area (Å²) in [5.41, 5.74) is 1.47. The fourth-order valence-electron chi connectivity index (χ4n) is 3.83. The van der Waals surface area contributed by atoms with Crippen LogP contribution in [0.25, 0.3) is 0 Å². The van der Waals surface area contributed by atoms with Gasteiger partial charge in [0.2, 0.25) is 5.91 Å². The summed E-state index contributed by atoms with van der Waals surface area (Å²) in [6.45, 7) is 2.54. The summed E-state index contributed by atoms with van der Waals surface area (Å²) in [6, 6.07) is 9.16. The van der Waals surface area contributed by atoms with E-state index in [2.05, 4.69) is 20.9 Å². The maximum Gasteiger partial charge on any atom is 0.244 e. The topological polar surface area (TPSA) is 74.0 Å². The lowest BCUT2D eigenvalue weighted by Crippen LogP contribution is -2.40. The molecule has 2 aliphatic rings. The third kappa shape index (κ3) is 3.03. The van der Waals surface area contributed by atoms with E-state index in [0.717, 1.165) is 43.9 Å². The van der Waals surface area contributed by atoms with Crippen LogP contribution in [0.2, 0.25) is 0 Å². The largest absolute Gasteiger partial charge is 0.335 e. The Hall–Kier alpha value is -2.65. The van der Waals surface area contributed by atoms with E-state index in [1.54, 1.807) is 17.0 Å². The zero-order valence-corrected chi connectivity index (χ0v) is 14.1. The maximum atomic E-state index is 12.7. The zero-order valence-electron chi connectivity index (χ0n) is 14.1. The Labute approximate surface area is 147 Å². The Kier molecular flexibility index (Phi) is 4.24. The third-order valence-electron chi connectivity index (χ3n) is 5.19. The Bertz CT molecular complexity index is 804. The smallest absolute Gasteiger partial charge is 0.244 e. The van der Waals surface area contributed by atoms with E-state index in [1.807, 2.05) is 24.5 Å². The van der Waals surface area contributed by atoms with E-state index < -0.39 is 0 Å². The molecule has 2 aliphatic heterocycles. The maximum absolute atomic E-state index is 12.7. The molecule has 6 heteroatoms. The van der Waals surface area contributed by atoms with Gasteiger partial charge in [-0.2, -0.15) is 5.26 Å². The summed E-state index contributed by atoms with van der Waals surface area (Å²) < 4.78 is 2.22. The van der Waals surface area contributed by atoms with Gasteiger partial charge in [-0.05, 0) is 43.5 Å². The summed E-state index contributed by atoms with van der Waals surface area (Å²) in [4.78, 5) is 19.0. The number of nitriles is 1. The number of nitrogens with one attached hydrogen (secondary N) is 1. The summed E-state index contributed by atoms with van der Waals surface area (Å²) in [6.07, 6.45) is 6.98. The quantitative estimate of drug-likeness (QED) is 0.928. The molecule has 2 atom stereocenters. The van der Waals surface area contributed by atoms with Crippen LogP contribution in [0.5, 0.6) is 0 Å². The Morgan fingerprint density at radius 3 is 2.88 bits per heavy atom. The van der Waals surface area contributed by atoms with Crippen molar-refractivity contribution in [2.45, 2.75) is 37.8 Å². The van der Waals surface area contributed by atoms with E-state index in [1.165, 1.54) is 0 Å². The molecule has 1 fully saturated rings. The molecule has 2 unspecified atom stereocenters. The fraction of sp³-hybridized carbons (Fsp3) is 0.421. The molecule has 6 nitrogen and oxygen atoms in total. The molecular weight excluding hydrogens is 314 g/mol. The normalized spacial score (nSPS) is 22.7. The number of fused-ring (bicyclic) bond motifs is 1. The molecule has 4 rings (SSSR count). The van der Waals surface area contributed by atoms with Crippen molar-refractivity contribution in [3.8, 4) is 6.07 Å². The molecule has 1 saturated heterocycles. The number of carbonyl (C=O) groups is 1. The van der Waals surface area contributed by atoms with Crippen LogP contribution in [0.3, 0.4) is 0 Å². The molecule has 0 bridgehead atoms. The molecule has 1 aromatic carbocycles. The van der Waals surface area contributed by atoms with Gasteiger partial charge in [0.1, 0.15) is 5.82 Å². The van der Waals surface area contributed by atoms with E-state index in [4.69, 9.17) is 5.26 Å². The number of rotatable bonds is 4. The predicted molar refractivity (Wildman–Crippen MR) is 94.1 cm³/mol. The number of hydrogen-bond acceptors (Lipinski definition) is 4. The van der Waals surface area contributed by atoms with Crippen molar-refractivity contribution in [2.24, 2.45) is 0 Å². The second kappa shape index (κ2) is 6.69. The number of anilines is 1. The highest BCUT2D eigenvalue weighted by Crippen LogP contribution is 2.26. The molecule has 1 amide bonds. The van der Waals surface area contributed by atoms with Crippen LogP contribution in [-0.4, -0.2) is 34.6 Å². The van der Waals surface area contributed by atoms with Gasteiger partial charge < -0.3 is 14.8 Å². The second-order valence-electron chi connectivity index (χ2n) is 6.72. The van der Waals surface area contributed by atoms with E-state index in [-0.39, 0.29) is 11.9 Å². The lowest BCUT2D eigenvalue weighted by atomic mass is 9.98. The fourth-order valence-corrected chi connectivity index (χ4v) is 3.83. The van der Waals surface area contributed by atoms with Crippen molar-refractivity contribution in [1.82, 2.24) is 14.9 Å². The highest BCUT2D eigenvalue weighted by atomic mass is 16.2. The third-order valence-corrected chi connectivity index (χ3v) is 5.19. The van der Waals surface area contributed by atoms with Gasteiger partial charge in [0.25, 0.3) is 0 Å². The van der Waals surface area contributed by atoms with Crippen molar-refractivity contribution in [3.63, 3.8) is 0 Å². The van der Waals surface area contributed by atoms with Crippen molar-refractivity contribution in [2.75, 3.05) is 18.0 Å². The van der Waals surface area contributed by atoms with Crippen molar-refractivity contribution in [1.29, 1.82) is 5.26 Å². The summed E-state index contributed by atoms with van der Waals surface area (Å²) in [7, 11) is 0. The summed E-state index contributed by atoms with van der Waals surface area (Å²) in [5, 5.41) is 12.3. The van der Waals surface area contributed by atoms with Crippen LogP contribution >= 0.6 is 0 Å². The number of aryl methyl sites for hydroxylation is 1. The minimum Gasteiger partial charge on any atom is -0.335 e. The van der Waals surface area contributed by atoms with Crippen LogP contribution < -0.4 is 10.2 Å². The van der Waals surface area contributed by atoms with Gasteiger partial charge in [-0.3, -0.25) is 4.79 Å². The molecule has 25 heavy (non-hydrogen) atoms. The first-order chi connectivity index (χ1) is 12.3. The molecule has 3 heterocycles. The summed E-state index contributed by atoms with van der Waals surface area (Å²) >= 11 is 0. The molecule has 0 spiro atoms. The van der Waals surface area contributed by atoms with Crippen LogP contribution in [0.1, 0.15) is 36.6 Å². The molecule has 2 aromatic rings. The average Bonchev–Trinajstić information content (AvgIpc) is 3.27. The van der Waals surface area contributed by atoms with Gasteiger partial charge in [-0.1, -0.05) is 0 Å². The van der Waals surface area contributed by atoms with Crippen molar-refractivity contribution < 1.29 is 4.79 Å². The molecular formula is C19H21N5O. The minimum absolute atomic E-state index is 0.115. The first-order valence-corrected chi connectivity index (χ1v) is 8.82. The number of carbonyl (C=O) groups excluding carboxylic acids is 1. The molecule has 1 aromatic heterocycles. The molecule has 1 N–H and O–H groups in total. The highest BCUT2D eigenvalue weighted by molar-refractivity contribution is 5.99. The van der Waals surface area contributed by atoms with Gasteiger partial charge in [-0.25, -0.2) is 4.98 Å². The standard InChI is InChI=1S/C19H21N5O/c20-12-14-3-5-16(6-4-14)24-10-7-17(19(24)25)22-13-15-2-1-9-23-11-8-21-18(15)23/h3-6,8,11,15,17,22H,1-2,7,9-10,13H2. The van der Waals surface area contributed by atoms with Crippen LogP contribution in [0, 0.1) is 11.3 Å². The number of aromatic nitrogens is 2. The van der Waals surface area contributed by atoms with Crippen LogP contribution in [-0.2, 0) is 11.3 Å². The minimum atomic E-state index is -0.138. The number of hydrogen-bond donors (Lipinski definition) is 1. The second-order valence-corrected chi connectivity index (χ2v) is 6.72. The van der Waals surface area contributed by atoms with Crippen LogP contribution in [0.15, 0.2) is 36.7 Å². The van der Waals surface area contributed by atoms with Crippen molar-refractivity contribution >= 4 is 11.6 Å². The van der Waals surface area contributed by atoms with Gasteiger partial charge in [-0.15, -0.1) is 0 Å². The van der Waals surface area contributed by atoms with E-state index >= 15 is 0 Å². The van der Waals surface area contributed by atoms with Gasteiger partial charge in [0.05, 0.1) is 17.7 Å². The van der Waals surface area contributed by atoms with Gasteiger partial charge in [0.15, 0.2) is 0 Å². The first-order valence-electron chi connectivity index (χ1n) is 8.82. The number of amides is 1. The zero-order chi connectivity index (χ0) is 17.2. The first kappa shape index (κ1) is 15.9. The van der Waals surface area contributed by atoms with E-state index in [9.17, 15) is 4.79 Å². The highest BCUT2D eigenvalue weighted by Gasteiger charge is 2.33. The number of imidazole rings is 1. The number of nitrogens with zero attached hydrogens (tertiary/aromatic N) is 4. The van der Waals surface area contributed by atoms with E-state index in [0.29, 0.717) is 18.0 Å².